The zero-order valence-corrected chi connectivity index (χ0v) is 16.4. The highest BCUT2D eigenvalue weighted by atomic mass is 16.1. The molecule has 0 spiro atoms. The van der Waals surface area contributed by atoms with Gasteiger partial charge in [-0.05, 0) is 87.7 Å². The van der Waals surface area contributed by atoms with Crippen LogP contribution in [0.15, 0.2) is 23.2 Å². The van der Waals surface area contributed by atoms with Gasteiger partial charge >= 0.3 is 0 Å². The molecular formula is C24H28N2O. The summed E-state index contributed by atoms with van der Waals surface area (Å²) in [7, 11) is 0. The fraction of sp³-hybridized carbons (Fsp3) is 0.625. The highest BCUT2D eigenvalue weighted by Crippen LogP contribution is 2.60. The zero-order chi connectivity index (χ0) is 18.8. The first-order chi connectivity index (χ1) is 12.9. The van der Waals surface area contributed by atoms with E-state index in [0.717, 1.165) is 54.7 Å². The second-order valence-electron chi connectivity index (χ2n) is 10.3. The van der Waals surface area contributed by atoms with Gasteiger partial charge in [0.1, 0.15) is 5.78 Å². The third kappa shape index (κ3) is 2.85. The van der Waals surface area contributed by atoms with Crippen molar-refractivity contribution in [2.45, 2.75) is 70.8 Å². The van der Waals surface area contributed by atoms with Crippen LogP contribution in [0.5, 0.6) is 0 Å². The van der Waals surface area contributed by atoms with E-state index in [1.807, 2.05) is 18.2 Å². The van der Waals surface area contributed by atoms with E-state index in [-0.39, 0.29) is 11.0 Å². The Balaban J connectivity index is 1.46. The number of hydrogen-bond donors (Lipinski definition) is 0. The van der Waals surface area contributed by atoms with Gasteiger partial charge < -0.3 is 0 Å². The summed E-state index contributed by atoms with van der Waals surface area (Å²) in [6, 6.07) is 5.88. The molecule has 1 aliphatic heterocycles. The summed E-state index contributed by atoms with van der Waals surface area (Å²) in [5, 5.41) is 0. The van der Waals surface area contributed by atoms with Crippen molar-refractivity contribution in [1.29, 1.82) is 0 Å². The van der Waals surface area contributed by atoms with Crippen molar-refractivity contribution in [3.05, 3.63) is 40.7 Å². The first-order valence-corrected chi connectivity index (χ1v) is 10.5. The Hall–Kier alpha value is -1.95. The molecule has 1 aromatic carbocycles. The largest absolute Gasteiger partial charge is 0.299 e. The van der Waals surface area contributed by atoms with Crippen LogP contribution in [-0.4, -0.2) is 17.0 Å². The van der Waals surface area contributed by atoms with Gasteiger partial charge in [0.25, 0.3) is 0 Å². The van der Waals surface area contributed by atoms with E-state index in [1.54, 1.807) is 0 Å². The Bertz CT molecular complexity index is 851. The number of fused-ring (bicyclic) bond motifs is 1. The van der Waals surface area contributed by atoms with E-state index in [4.69, 9.17) is 11.6 Å². The van der Waals surface area contributed by atoms with Gasteiger partial charge in [-0.2, -0.15) is 0 Å². The Kier molecular flexibility index (Phi) is 3.67. The molecule has 3 nitrogen and oxygen atoms in total. The Labute approximate surface area is 162 Å². The Morgan fingerprint density at radius 1 is 1.15 bits per heavy atom. The highest BCUT2D eigenvalue weighted by Gasteiger charge is 2.54. The van der Waals surface area contributed by atoms with Crippen LogP contribution in [0.4, 0.5) is 5.69 Å². The van der Waals surface area contributed by atoms with Crippen LogP contribution in [0.3, 0.4) is 0 Å². The first-order valence-electron chi connectivity index (χ1n) is 10.5. The Morgan fingerprint density at radius 3 is 2.37 bits per heavy atom. The minimum absolute atomic E-state index is 0.0600. The standard InChI is InChI=1S/C24H28N2O/c1-23(2)14-18-9-19(25-3)4-5-20(18)21(26-23)10-22(27)24-11-15-6-16(12-24)8-17(7-15)13-24/h4-5,9,15-17H,6-8,10-14H2,1-2H3. The third-order valence-electron chi connectivity index (χ3n) is 7.55. The number of aliphatic imine (C=N–C) groups is 1. The van der Waals surface area contributed by atoms with E-state index in [1.165, 1.54) is 24.8 Å². The molecule has 0 radical (unpaired) electrons. The summed E-state index contributed by atoms with van der Waals surface area (Å²) >= 11 is 0. The second-order valence-corrected chi connectivity index (χ2v) is 10.3. The SMILES string of the molecule is [C-]#[N+]c1ccc2c(c1)CC(C)(C)N=C2CC(=O)C12CC3CC(CC(C3)C1)C2. The van der Waals surface area contributed by atoms with Crippen LogP contribution in [0.2, 0.25) is 0 Å². The topological polar surface area (TPSA) is 33.8 Å². The second kappa shape index (κ2) is 5.77. The molecule has 0 aromatic heterocycles. The van der Waals surface area contributed by atoms with Crippen molar-refractivity contribution >= 4 is 17.2 Å². The number of nitrogens with zero attached hydrogens (tertiary/aromatic N) is 2. The minimum Gasteiger partial charge on any atom is -0.299 e. The monoisotopic (exact) mass is 360 g/mol. The molecule has 3 heteroatoms. The van der Waals surface area contributed by atoms with E-state index >= 15 is 0 Å². The van der Waals surface area contributed by atoms with Crippen molar-refractivity contribution in [2.24, 2.45) is 28.2 Å². The van der Waals surface area contributed by atoms with E-state index in [2.05, 4.69) is 18.7 Å². The molecule has 140 valence electrons. The van der Waals surface area contributed by atoms with Crippen LogP contribution >= 0.6 is 0 Å². The minimum atomic E-state index is -0.204. The van der Waals surface area contributed by atoms with Gasteiger partial charge in [-0.1, -0.05) is 18.2 Å². The lowest BCUT2D eigenvalue weighted by molar-refractivity contribution is -0.142. The average molecular weight is 361 g/mol. The Morgan fingerprint density at radius 2 is 1.78 bits per heavy atom. The lowest BCUT2D eigenvalue weighted by atomic mass is 9.48. The molecule has 0 saturated heterocycles. The van der Waals surface area contributed by atoms with Crippen molar-refractivity contribution in [3.8, 4) is 0 Å². The molecule has 0 unspecified atom stereocenters. The summed E-state index contributed by atoms with van der Waals surface area (Å²) in [5.74, 6) is 2.81. The molecule has 4 fully saturated rings. The predicted molar refractivity (Wildman–Crippen MR) is 107 cm³/mol. The van der Waals surface area contributed by atoms with Crippen LogP contribution in [0, 0.1) is 29.7 Å². The number of benzene rings is 1. The fourth-order valence-corrected chi connectivity index (χ4v) is 6.94. The molecule has 0 atom stereocenters. The lowest BCUT2D eigenvalue weighted by Gasteiger charge is -2.56. The molecule has 4 bridgehead atoms. The lowest BCUT2D eigenvalue weighted by Crippen LogP contribution is -2.50. The summed E-state index contributed by atoms with van der Waals surface area (Å²) < 4.78 is 0. The predicted octanol–water partition coefficient (Wildman–Crippen LogP) is 5.54. The maximum absolute atomic E-state index is 13.6. The van der Waals surface area contributed by atoms with Crippen molar-refractivity contribution in [3.63, 3.8) is 0 Å². The number of carbonyl (C=O) groups excluding carboxylic acids is 1. The van der Waals surface area contributed by atoms with Crippen molar-refractivity contribution in [2.75, 3.05) is 0 Å². The summed E-state index contributed by atoms with van der Waals surface area (Å²) in [5.41, 5.74) is 3.65. The molecule has 4 aliphatic carbocycles. The molecular weight excluding hydrogens is 332 g/mol. The van der Waals surface area contributed by atoms with Gasteiger partial charge in [0.15, 0.2) is 5.69 Å². The molecule has 6 rings (SSSR count). The van der Waals surface area contributed by atoms with Gasteiger partial charge in [0.2, 0.25) is 0 Å². The van der Waals surface area contributed by atoms with Gasteiger partial charge in [-0.3, -0.25) is 9.79 Å². The van der Waals surface area contributed by atoms with E-state index < -0.39 is 0 Å². The molecule has 1 heterocycles. The van der Waals surface area contributed by atoms with Crippen molar-refractivity contribution in [1.82, 2.24) is 0 Å². The van der Waals surface area contributed by atoms with Gasteiger partial charge in [-0.15, -0.1) is 0 Å². The zero-order valence-electron chi connectivity index (χ0n) is 16.4. The maximum Gasteiger partial charge on any atom is 0.187 e. The summed E-state index contributed by atoms with van der Waals surface area (Å²) in [6.45, 7) is 11.6. The quantitative estimate of drug-likeness (QED) is 0.652. The maximum atomic E-state index is 13.6. The van der Waals surface area contributed by atoms with Gasteiger partial charge in [-0.25, -0.2) is 4.85 Å². The number of carbonyl (C=O) groups is 1. The van der Waals surface area contributed by atoms with Crippen LogP contribution < -0.4 is 0 Å². The van der Waals surface area contributed by atoms with Gasteiger partial charge in [0, 0.05) is 11.8 Å². The number of ketones is 1. The summed E-state index contributed by atoms with van der Waals surface area (Å²) in [4.78, 5) is 22.2. The smallest absolute Gasteiger partial charge is 0.187 e. The normalized spacial score (nSPS) is 35.3. The number of hydrogen-bond acceptors (Lipinski definition) is 2. The summed E-state index contributed by atoms with van der Waals surface area (Å²) in [6.07, 6.45) is 8.77. The van der Waals surface area contributed by atoms with Crippen LogP contribution in [-0.2, 0) is 11.2 Å². The fourth-order valence-electron chi connectivity index (χ4n) is 6.94. The van der Waals surface area contributed by atoms with Crippen molar-refractivity contribution < 1.29 is 4.79 Å². The van der Waals surface area contributed by atoms with E-state index in [0.29, 0.717) is 17.9 Å². The highest BCUT2D eigenvalue weighted by molar-refractivity contribution is 6.14. The average Bonchev–Trinajstić information content (AvgIpc) is 2.59. The molecule has 4 saturated carbocycles. The molecule has 0 N–H and O–H groups in total. The van der Waals surface area contributed by atoms with Gasteiger partial charge in [0.05, 0.1) is 17.8 Å². The van der Waals surface area contributed by atoms with Crippen LogP contribution in [0.25, 0.3) is 4.85 Å². The molecule has 0 amide bonds. The molecule has 5 aliphatic rings. The number of Topliss-reactive ketones (excluding diaryl/α,β-unsaturated/α-hetero) is 1. The van der Waals surface area contributed by atoms with Crippen LogP contribution in [0.1, 0.15) is 69.9 Å². The van der Waals surface area contributed by atoms with E-state index in [9.17, 15) is 4.79 Å². The first kappa shape index (κ1) is 17.2. The molecule has 1 aromatic rings. The third-order valence-corrected chi connectivity index (χ3v) is 7.55. The number of rotatable bonds is 3. The molecule has 27 heavy (non-hydrogen) atoms.